The van der Waals surface area contributed by atoms with E-state index in [1.165, 1.54) is 24.0 Å². The summed E-state index contributed by atoms with van der Waals surface area (Å²) in [6.45, 7) is 1.46. The number of rotatable bonds is 4. The zero-order chi connectivity index (χ0) is 12.4. The Kier molecular flexibility index (Phi) is 3.09. The number of hydrogen-bond acceptors (Lipinski definition) is 2. The third-order valence-electron chi connectivity index (χ3n) is 4.19. The van der Waals surface area contributed by atoms with Gasteiger partial charge in [0.1, 0.15) is 0 Å². The highest BCUT2D eigenvalue weighted by Crippen LogP contribution is 2.36. The van der Waals surface area contributed by atoms with Gasteiger partial charge in [0.15, 0.2) is 0 Å². The summed E-state index contributed by atoms with van der Waals surface area (Å²) in [5.41, 5.74) is 2.45. The molecule has 1 aromatic rings. The van der Waals surface area contributed by atoms with Crippen molar-refractivity contribution in [2.45, 2.75) is 32.1 Å². The number of benzene rings is 1. The van der Waals surface area contributed by atoms with Crippen LogP contribution in [-0.2, 0) is 17.6 Å². The molecule has 0 saturated heterocycles. The van der Waals surface area contributed by atoms with Gasteiger partial charge in [-0.2, -0.15) is 5.26 Å². The molecule has 0 spiro atoms. The van der Waals surface area contributed by atoms with Gasteiger partial charge in [0, 0.05) is 6.61 Å². The lowest BCUT2D eigenvalue weighted by molar-refractivity contribution is 0.0578. The lowest BCUT2D eigenvalue weighted by atomic mass is 9.73. The maximum Gasteiger partial charge on any atom is 0.0850 e. The summed E-state index contributed by atoms with van der Waals surface area (Å²) in [5, 5.41) is 9.52. The summed E-state index contributed by atoms with van der Waals surface area (Å²) >= 11 is 0. The van der Waals surface area contributed by atoms with Crippen LogP contribution in [0.25, 0.3) is 0 Å². The molecule has 1 saturated carbocycles. The van der Waals surface area contributed by atoms with Gasteiger partial charge in [-0.25, -0.2) is 0 Å². The highest BCUT2D eigenvalue weighted by molar-refractivity contribution is 5.32. The van der Waals surface area contributed by atoms with Crippen molar-refractivity contribution in [3.8, 4) is 6.07 Å². The van der Waals surface area contributed by atoms with Crippen molar-refractivity contribution in [3.05, 3.63) is 35.4 Å². The molecule has 0 heterocycles. The second-order valence-corrected chi connectivity index (χ2v) is 5.80. The molecule has 1 unspecified atom stereocenters. The number of aryl methyl sites for hydroxylation is 1. The Morgan fingerprint density at radius 2 is 2.06 bits per heavy atom. The molecule has 1 fully saturated rings. The lowest BCUT2D eigenvalue weighted by Gasteiger charge is -2.32. The smallest absolute Gasteiger partial charge is 0.0850 e. The number of hydrogen-bond donors (Lipinski definition) is 0. The fourth-order valence-corrected chi connectivity index (χ4v) is 2.76. The second kappa shape index (κ2) is 4.74. The Morgan fingerprint density at radius 3 is 2.78 bits per heavy atom. The van der Waals surface area contributed by atoms with Gasteiger partial charge < -0.3 is 4.74 Å². The third-order valence-corrected chi connectivity index (χ3v) is 4.19. The van der Waals surface area contributed by atoms with Gasteiger partial charge in [-0.1, -0.05) is 24.3 Å². The molecule has 2 aliphatic rings. The molecule has 94 valence electrons. The molecule has 0 amide bonds. The molecule has 18 heavy (non-hydrogen) atoms. The highest BCUT2D eigenvalue weighted by atomic mass is 16.5. The molecule has 0 radical (unpaired) electrons. The van der Waals surface area contributed by atoms with Gasteiger partial charge in [0.25, 0.3) is 0 Å². The van der Waals surface area contributed by atoms with Crippen molar-refractivity contribution in [1.29, 1.82) is 5.26 Å². The van der Waals surface area contributed by atoms with E-state index in [9.17, 15) is 5.26 Å². The zero-order valence-electron chi connectivity index (χ0n) is 10.7. The van der Waals surface area contributed by atoms with E-state index in [0.29, 0.717) is 6.61 Å². The van der Waals surface area contributed by atoms with Crippen molar-refractivity contribution < 1.29 is 4.74 Å². The molecule has 1 atom stereocenters. The average molecular weight is 241 g/mol. The second-order valence-electron chi connectivity index (χ2n) is 5.80. The van der Waals surface area contributed by atoms with Gasteiger partial charge in [-0.15, -0.1) is 0 Å². The average Bonchev–Trinajstić information content (AvgIpc) is 3.23. The Labute approximate surface area is 109 Å². The van der Waals surface area contributed by atoms with Crippen LogP contribution >= 0.6 is 0 Å². The van der Waals surface area contributed by atoms with Crippen LogP contribution in [0.1, 0.15) is 30.4 Å². The van der Waals surface area contributed by atoms with Crippen LogP contribution in [0.3, 0.4) is 0 Å². The summed E-state index contributed by atoms with van der Waals surface area (Å²) in [6, 6.07) is 11.0. The van der Waals surface area contributed by atoms with E-state index in [2.05, 4.69) is 30.3 Å². The molecule has 1 aromatic carbocycles. The van der Waals surface area contributed by atoms with E-state index in [1.54, 1.807) is 0 Å². The van der Waals surface area contributed by atoms with E-state index in [0.717, 1.165) is 31.8 Å². The monoisotopic (exact) mass is 241 g/mol. The summed E-state index contributed by atoms with van der Waals surface area (Å²) in [6.07, 6.45) is 5.41. The van der Waals surface area contributed by atoms with E-state index in [4.69, 9.17) is 4.74 Å². The van der Waals surface area contributed by atoms with Gasteiger partial charge in [0.2, 0.25) is 0 Å². The normalized spacial score (nSPS) is 26.4. The third kappa shape index (κ3) is 2.42. The maximum absolute atomic E-state index is 9.52. The summed E-state index contributed by atoms with van der Waals surface area (Å²) in [7, 11) is 0. The molecule has 3 rings (SSSR count). The highest BCUT2D eigenvalue weighted by Gasteiger charge is 2.35. The Hall–Kier alpha value is -1.33. The molecule has 0 aliphatic heterocycles. The van der Waals surface area contributed by atoms with E-state index in [1.807, 2.05) is 0 Å². The van der Waals surface area contributed by atoms with Crippen LogP contribution < -0.4 is 0 Å². The van der Waals surface area contributed by atoms with E-state index < -0.39 is 0 Å². The minimum Gasteiger partial charge on any atom is -0.379 e. The molecule has 0 bridgehead atoms. The molecule has 2 aliphatic carbocycles. The molecular weight excluding hydrogens is 222 g/mol. The number of ether oxygens (including phenoxy) is 1. The van der Waals surface area contributed by atoms with Crippen LogP contribution in [0, 0.1) is 22.7 Å². The van der Waals surface area contributed by atoms with Crippen LogP contribution in [0.15, 0.2) is 24.3 Å². The number of nitriles is 1. The maximum atomic E-state index is 9.52. The first-order chi connectivity index (χ1) is 8.81. The quantitative estimate of drug-likeness (QED) is 0.811. The van der Waals surface area contributed by atoms with Crippen LogP contribution in [-0.4, -0.2) is 13.2 Å². The van der Waals surface area contributed by atoms with Crippen LogP contribution in [0.5, 0.6) is 0 Å². The fraction of sp³-hybridized carbons (Fsp3) is 0.562. The summed E-state index contributed by atoms with van der Waals surface area (Å²) < 4.78 is 5.78. The first-order valence-corrected chi connectivity index (χ1v) is 6.87. The summed E-state index contributed by atoms with van der Waals surface area (Å²) in [5.74, 6) is 0.775. The molecule has 2 heteroatoms. The Bertz CT molecular complexity index is 472. The molecule has 0 N–H and O–H groups in total. The summed E-state index contributed by atoms with van der Waals surface area (Å²) in [4.78, 5) is 0. The molecular formula is C16H19NO. The van der Waals surface area contributed by atoms with Crippen molar-refractivity contribution in [3.63, 3.8) is 0 Å². The van der Waals surface area contributed by atoms with Crippen molar-refractivity contribution >= 4 is 0 Å². The van der Waals surface area contributed by atoms with Crippen molar-refractivity contribution in [1.82, 2.24) is 0 Å². The predicted molar refractivity (Wildman–Crippen MR) is 70.1 cm³/mol. The number of nitrogens with zero attached hydrogens (tertiary/aromatic N) is 1. The Balaban J connectivity index is 1.67. The first-order valence-electron chi connectivity index (χ1n) is 6.87. The van der Waals surface area contributed by atoms with E-state index in [-0.39, 0.29) is 5.41 Å². The van der Waals surface area contributed by atoms with Gasteiger partial charge in [0.05, 0.1) is 18.1 Å². The topological polar surface area (TPSA) is 33.0 Å². The SMILES string of the molecule is N#CC1(COCC2CC2)CCc2ccccc2C1. The van der Waals surface area contributed by atoms with Crippen LogP contribution in [0.2, 0.25) is 0 Å². The zero-order valence-corrected chi connectivity index (χ0v) is 10.7. The van der Waals surface area contributed by atoms with Gasteiger partial charge in [-0.05, 0) is 49.1 Å². The number of fused-ring (bicyclic) bond motifs is 1. The fourth-order valence-electron chi connectivity index (χ4n) is 2.76. The Morgan fingerprint density at radius 1 is 1.28 bits per heavy atom. The van der Waals surface area contributed by atoms with E-state index >= 15 is 0 Å². The van der Waals surface area contributed by atoms with Gasteiger partial charge >= 0.3 is 0 Å². The van der Waals surface area contributed by atoms with Crippen LogP contribution in [0.4, 0.5) is 0 Å². The standard InChI is InChI=1S/C16H19NO/c17-11-16(12-18-10-13-5-6-13)8-7-14-3-1-2-4-15(14)9-16/h1-4,13H,5-10,12H2. The molecule has 2 nitrogen and oxygen atoms in total. The lowest BCUT2D eigenvalue weighted by Crippen LogP contribution is -2.32. The largest absolute Gasteiger partial charge is 0.379 e. The molecule has 0 aromatic heterocycles. The minimum absolute atomic E-state index is 0.288. The van der Waals surface area contributed by atoms with Crippen molar-refractivity contribution in [2.24, 2.45) is 11.3 Å². The predicted octanol–water partition coefficient (Wildman–Crippen LogP) is 3.11. The minimum atomic E-state index is -0.288. The van der Waals surface area contributed by atoms with Crippen molar-refractivity contribution in [2.75, 3.05) is 13.2 Å². The first kappa shape index (κ1) is 11.7. The van der Waals surface area contributed by atoms with Gasteiger partial charge in [-0.3, -0.25) is 0 Å².